The lowest BCUT2D eigenvalue weighted by atomic mass is 9.86. The number of rotatable bonds is 4. The molecule has 3 rings (SSSR count). The van der Waals surface area contributed by atoms with Gasteiger partial charge in [0.15, 0.2) is 0 Å². The number of hydrogen-bond acceptors (Lipinski definition) is 4. The van der Waals surface area contributed by atoms with Gasteiger partial charge in [-0.05, 0) is 18.6 Å². The van der Waals surface area contributed by atoms with Crippen LogP contribution in [0.3, 0.4) is 0 Å². The molecule has 1 atom stereocenters. The van der Waals surface area contributed by atoms with Gasteiger partial charge in [0, 0.05) is 32.6 Å². The van der Waals surface area contributed by atoms with Crippen molar-refractivity contribution < 1.29 is 14.4 Å². The Morgan fingerprint density at radius 2 is 1.81 bits per heavy atom. The normalized spacial score (nSPS) is 23.3. The molecule has 6 nitrogen and oxygen atoms in total. The fraction of sp³-hybridized carbons (Fsp3) is 0.526. The Hall–Kier alpha value is -1.79. The second-order valence-corrected chi connectivity index (χ2v) is 8.10. The van der Waals surface area contributed by atoms with Crippen LogP contribution in [0, 0.1) is 5.41 Å². The van der Waals surface area contributed by atoms with Crippen LogP contribution < -0.4 is 4.90 Å². The van der Waals surface area contributed by atoms with E-state index in [0.717, 1.165) is 10.6 Å². The summed E-state index contributed by atoms with van der Waals surface area (Å²) in [7, 11) is 0. The molecule has 0 bridgehead atoms. The summed E-state index contributed by atoms with van der Waals surface area (Å²) < 4.78 is 0. The summed E-state index contributed by atoms with van der Waals surface area (Å²) in [5.74, 6) is -0.705. The van der Waals surface area contributed by atoms with Crippen molar-refractivity contribution in [3.05, 3.63) is 28.2 Å². The van der Waals surface area contributed by atoms with Crippen molar-refractivity contribution in [1.29, 1.82) is 0 Å². The molecule has 0 spiro atoms. The zero-order valence-electron chi connectivity index (χ0n) is 15.5. The number of nitrogens with zero attached hydrogens (tertiary/aromatic N) is 3. The van der Waals surface area contributed by atoms with Gasteiger partial charge < -0.3 is 9.80 Å². The van der Waals surface area contributed by atoms with Crippen molar-refractivity contribution >= 4 is 46.6 Å². The van der Waals surface area contributed by atoms with Crippen LogP contribution in [0.25, 0.3) is 0 Å². The number of hydrogen-bond donors (Lipinski definition) is 0. The second-order valence-electron chi connectivity index (χ2n) is 7.32. The SMILES string of the molecule is CCC1(C)CC(=O)N(CC(=O)N2CCN(c3cccc(Cl)c3Cl)CC2)C1=O. The Morgan fingerprint density at radius 1 is 1.15 bits per heavy atom. The van der Waals surface area contributed by atoms with Gasteiger partial charge in [-0.15, -0.1) is 0 Å². The Morgan fingerprint density at radius 3 is 2.41 bits per heavy atom. The van der Waals surface area contributed by atoms with E-state index in [-0.39, 0.29) is 30.7 Å². The number of piperazine rings is 1. The van der Waals surface area contributed by atoms with Crippen molar-refractivity contribution in [3.8, 4) is 0 Å². The summed E-state index contributed by atoms with van der Waals surface area (Å²) in [6.45, 7) is 5.72. The summed E-state index contributed by atoms with van der Waals surface area (Å²) in [5.41, 5.74) is 0.166. The van der Waals surface area contributed by atoms with E-state index in [0.29, 0.717) is 42.6 Å². The lowest BCUT2D eigenvalue weighted by molar-refractivity contribution is -0.147. The monoisotopic (exact) mass is 411 g/mol. The molecule has 146 valence electrons. The van der Waals surface area contributed by atoms with Gasteiger partial charge in [0.1, 0.15) is 6.54 Å². The molecular formula is C19H23Cl2N3O3. The zero-order chi connectivity index (χ0) is 19.8. The quantitative estimate of drug-likeness (QED) is 0.714. The smallest absolute Gasteiger partial charge is 0.242 e. The number of imide groups is 1. The standard InChI is InChI=1S/C19H23Cl2N3O3/c1-3-19(2)11-15(25)24(18(19)27)12-16(26)23-9-7-22(8-10-23)14-6-4-5-13(20)17(14)21/h4-6H,3,7-12H2,1-2H3. The molecule has 1 aromatic rings. The molecule has 3 amide bonds. The summed E-state index contributed by atoms with van der Waals surface area (Å²) in [6.07, 6.45) is 0.762. The lowest BCUT2D eigenvalue weighted by Gasteiger charge is -2.37. The van der Waals surface area contributed by atoms with E-state index < -0.39 is 5.41 Å². The zero-order valence-corrected chi connectivity index (χ0v) is 17.0. The van der Waals surface area contributed by atoms with E-state index in [1.54, 1.807) is 17.9 Å². The first-order valence-corrected chi connectivity index (χ1v) is 9.84. The highest BCUT2D eigenvalue weighted by atomic mass is 35.5. The van der Waals surface area contributed by atoms with E-state index in [1.165, 1.54) is 0 Å². The number of anilines is 1. The van der Waals surface area contributed by atoms with Gasteiger partial charge in [-0.3, -0.25) is 19.3 Å². The van der Waals surface area contributed by atoms with Crippen LogP contribution in [0.15, 0.2) is 18.2 Å². The van der Waals surface area contributed by atoms with Crippen molar-refractivity contribution in [2.75, 3.05) is 37.6 Å². The van der Waals surface area contributed by atoms with Gasteiger partial charge >= 0.3 is 0 Å². The number of carbonyl (C=O) groups is 3. The summed E-state index contributed by atoms with van der Waals surface area (Å²) in [6, 6.07) is 5.48. The molecule has 2 aliphatic rings. The maximum Gasteiger partial charge on any atom is 0.242 e. The third-order valence-corrected chi connectivity index (χ3v) is 6.39. The average molecular weight is 412 g/mol. The van der Waals surface area contributed by atoms with Crippen LogP contribution in [0.5, 0.6) is 0 Å². The van der Waals surface area contributed by atoms with E-state index >= 15 is 0 Å². The minimum atomic E-state index is -0.681. The maximum absolute atomic E-state index is 12.6. The van der Waals surface area contributed by atoms with Crippen LogP contribution >= 0.6 is 23.2 Å². The molecule has 27 heavy (non-hydrogen) atoms. The third-order valence-electron chi connectivity index (χ3n) is 5.58. The van der Waals surface area contributed by atoms with Gasteiger partial charge in [-0.1, -0.05) is 43.1 Å². The van der Waals surface area contributed by atoms with Crippen molar-refractivity contribution in [2.24, 2.45) is 5.41 Å². The molecule has 0 aliphatic carbocycles. The predicted octanol–water partition coefficient (Wildman–Crippen LogP) is 2.82. The molecule has 2 saturated heterocycles. The van der Waals surface area contributed by atoms with Gasteiger partial charge in [0.05, 0.1) is 21.1 Å². The highest BCUT2D eigenvalue weighted by molar-refractivity contribution is 6.43. The molecule has 0 radical (unpaired) electrons. The van der Waals surface area contributed by atoms with Gasteiger partial charge in [0.2, 0.25) is 17.7 Å². The van der Waals surface area contributed by atoms with Gasteiger partial charge in [0.25, 0.3) is 0 Å². The Balaban J connectivity index is 1.60. The minimum absolute atomic E-state index is 0.175. The van der Waals surface area contributed by atoms with Crippen LogP contribution in [0.1, 0.15) is 26.7 Å². The molecule has 2 fully saturated rings. The molecular weight excluding hydrogens is 389 g/mol. The third kappa shape index (κ3) is 3.78. The molecule has 1 unspecified atom stereocenters. The second kappa shape index (κ2) is 7.68. The number of likely N-dealkylation sites (tertiary alicyclic amines) is 1. The van der Waals surface area contributed by atoms with E-state index in [1.807, 2.05) is 19.1 Å². The van der Waals surface area contributed by atoms with Crippen molar-refractivity contribution in [2.45, 2.75) is 26.7 Å². The molecule has 2 heterocycles. The Labute approximate surface area is 169 Å². The van der Waals surface area contributed by atoms with E-state index in [2.05, 4.69) is 4.90 Å². The first-order valence-electron chi connectivity index (χ1n) is 9.08. The fourth-order valence-electron chi connectivity index (χ4n) is 3.55. The number of halogens is 2. The van der Waals surface area contributed by atoms with Crippen LogP contribution in [-0.2, 0) is 14.4 Å². The molecule has 0 aromatic heterocycles. The maximum atomic E-state index is 12.6. The van der Waals surface area contributed by atoms with E-state index in [4.69, 9.17) is 23.2 Å². The van der Waals surface area contributed by atoms with Crippen LogP contribution in [0.4, 0.5) is 5.69 Å². The molecule has 0 N–H and O–H groups in total. The van der Waals surface area contributed by atoms with E-state index in [9.17, 15) is 14.4 Å². The highest BCUT2D eigenvalue weighted by Crippen LogP contribution is 2.35. The number of carbonyl (C=O) groups excluding carboxylic acids is 3. The largest absolute Gasteiger partial charge is 0.367 e. The average Bonchev–Trinajstić information content (AvgIpc) is 2.88. The predicted molar refractivity (Wildman–Crippen MR) is 105 cm³/mol. The summed E-state index contributed by atoms with van der Waals surface area (Å²) >= 11 is 12.4. The molecule has 8 heteroatoms. The highest BCUT2D eigenvalue weighted by Gasteiger charge is 2.47. The molecule has 2 aliphatic heterocycles. The van der Waals surface area contributed by atoms with Crippen molar-refractivity contribution in [1.82, 2.24) is 9.80 Å². The molecule has 0 saturated carbocycles. The summed E-state index contributed by atoms with van der Waals surface area (Å²) in [4.78, 5) is 42.2. The topological polar surface area (TPSA) is 60.9 Å². The van der Waals surface area contributed by atoms with Crippen LogP contribution in [0.2, 0.25) is 10.0 Å². The van der Waals surface area contributed by atoms with Gasteiger partial charge in [-0.25, -0.2) is 0 Å². The molecule has 1 aromatic carbocycles. The first kappa shape index (κ1) is 20.0. The minimum Gasteiger partial charge on any atom is -0.367 e. The fourth-order valence-corrected chi connectivity index (χ4v) is 3.96. The van der Waals surface area contributed by atoms with Gasteiger partial charge in [-0.2, -0.15) is 0 Å². The Kier molecular flexibility index (Phi) is 5.68. The summed E-state index contributed by atoms with van der Waals surface area (Å²) in [5, 5.41) is 1.00. The van der Waals surface area contributed by atoms with Crippen LogP contribution in [-0.4, -0.2) is 60.2 Å². The lowest BCUT2D eigenvalue weighted by Crippen LogP contribution is -2.52. The van der Waals surface area contributed by atoms with Crippen molar-refractivity contribution in [3.63, 3.8) is 0 Å². The number of amides is 3. The Bertz CT molecular complexity index is 777. The number of benzene rings is 1. The first-order chi connectivity index (χ1) is 12.8.